The predicted octanol–water partition coefficient (Wildman–Crippen LogP) is 4.66. The highest BCUT2D eigenvalue weighted by Gasteiger charge is 2.07. The summed E-state index contributed by atoms with van der Waals surface area (Å²) >= 11 is 3.52. The normalized spacial score (nSPS) is 10.8. The smallest absolute Gasteiger partial charge is 0.0204 e. The van der Waals surface area contributed by atoms with Crippen molar-refractivity contribution >= 4 is 15.9 Å². The van der Waals surface area contributed by atoms with E-state index >= 15 is 0 Å². The standard InChI is InChI=1S/C12H17Br/c1-4-10(5-2)11-6-7-12(13)9(3)8-11/h6-8,10H,4-5H2,1-3H3. The molecule has 0 saturated heterocycles. The Morgan fingerprint density at radius 3 is 2.31 bits per heavy atom. The van der Waals surface area contributed by atoms with Gasteiger partial charge in [0, 0.05) is 4.47 Å². The maximum absolute atomic E-state index is 3.52. The fraction of sp³-hybridized carbons (Fsp3) is 0.500. The lowest BCUT2D eigenvalue weighted by Gasteiger charge is -2.13. The van der Waals surface area contributed by atoms with Crippen molar-refractivity contribution in [3.8, 4) is 0 Å². The van der Waals surface area contributed by atoms with E-state index in [-0.39, 0.29) is 0 Å². The quantitative estimate of drug-likeness (QED) is 0.721. The molecule has 0 fully saturated rings. The molecule has 0 aliphatic carbocycles. The Balaban J connectivity index is 2.95. The highest BCUT2D eigenvalue weighted by atomic mass is 79.9. The van der Waals surface area contributed by atoms with Crippen LogP contribution < -0.4 is 0 Å². The van der Waals surface area contributed by atoms with Crippen LogP contribution in [0.1, 0.15) is 43.7 Å². The Bertz CT molecular complexity index is 274. The minimum Gasteiger partial charge on any atom is -0.0648 e. The molecule has 0 heterocycles. The van der Waals surface area contributed by atoms with Crippen molar-refractivity contribution in [3.05, 3.63) is 33.8 Å². The van der Waals surface area contributed by atoms with Gasteiger partial charge in [0.25, 0.3) is 0 Å². The van der Waals surface area contributed by atoms with Crippen LogP contribution >= 0.6 is 15.9 Å². The van der Waals surface area contributed by atoms with Gasteiger partial charge in [0.1, 0.15) is 0 Å². The van der Waals surface area contributed by atoms with Gasteiger partial charge in [-0.25, -0.2) is 0 Å². The number of halogens is 1. The van der Waals surface area contributed by atoms with Crippen LogP contribution in [0.3, 0.4) is 0 Å². The summed E-state index contributed by atoms with van der Waals surface area (Å²) in [6.07, 6.45) is 2.47. The highest BCUT2D eigenvalue weighted by Crippen LogP contribution is 2.26. The van der Waals surface area contributed by atoms with E-state index in [0.29, 0.717) is 0 Å². The molecule has 0 aliphatic heterocycles. The van der Waals surface area contributed by atoms with E-state index in [9.17, 15) is 0 Å². The molecule has 1 aromatic carbocycles. The molecule has 0 atom stereocenters. The number of hydrogen-bond acceptors (Lipinski definition) is 0. The largest absolute Gasteiger partial charge is 0.0648 e. The Hall–Kier alpha value is -0.300. The fourth-order valence-corrected chi connectivity index (χ4v) is 1.93. The molecule has 0 aliphatic rings. The first kappa shape index (κ1) is 10.8. The van der Waals surface area contributed by atoms with Gasteiger partial charge in [0.15, 0.2) is 0 Å². The summed E-state index contributed by atoms with van der Waals surface area (Å²) in [6, 6.07) is 6.68. The van der Waals surface area contributed by atoms with Crippen molar-refractivity contribution in [1.29, 1.82) is 0 Å². The summed E-state index contributed by atoms with van der Waals surface area (Å²) in [4.78, 5) is 0. The molecule has 1 rings (SSSR count). The average Bonchev–Trinajstić information content (AvgIpc) is 2.13. The minimum atomic E-state index is 0.729. The summed E-state index contributed by atoms with van der Waals surface area (Å²) in [5.41, 5.74) is 2.81. The number of aryl methyl sites for hydroxylation is 1. The van der Waals surface area contributed by atoms with Crippen molar-refractivity contribution in [3.63, 3.8) is 0 Å². The van der Waals surface area contributed by atoms with Crippen LogP contribution in [0.4, 0.5) is 0 Å². The van der Waals surface area contributed by atoms with Crippen molar-refractivity contribution in [1.82, 2.24) is 0 Å². The highest BCUT2D eigenvalue weighted by molar-refractivity contribution is 9.10. The lowest BCUT2D eigenvalue weighted by Crippen LogP contribution is -1.95. The topological polar surface area (TPSA) is 0 Å². The summed E-state index contributed by atoms with van der Waals surface area (Å²) < 4.78 is 1.21. The zero-order valence-electron chi connectivity index (χ0n) is 8.60. The molecule has 1 heteroatoms. The monoisotopic (exact) mass is 240 g/mol. The van der Waals surface area contributed by atoms with Gasteiger partial charge in [-0.3, -0.25) is 0 Å². The van der Waals surface area contributed by atoms with Crippen LogP contribution in [0.25, 0.3) is 0 Å². The third-order valence-corrected chi connectivity index (χ3v) is 3.53. The summed E-state index contributed by atoms with van der Waals surface area (Å²) in [5.74, 6) is 0.729. The first-order valence-electron chi connectivity index (χ1n) is 4.95. The molecule has 0 radical (unpaired) electrons. The van der Waals surface area contributed by atoms with Crippen molar-refractivity contribution < 1.29 is 0 Å². The van der Waals surface area contributed by atoms with Gasteiger partial charge in [0.05, 0.1) is 0 Å². The van der Waals surface area contributed by atoms with Crippen LogP contribution in [-0.4, -0.2) is 0 Å². The third-order valence-electron chi connectivity index (χ3n) is 2.64. The minimum absolute atomic E-state index is 0.729. The summed E-state index contributed by atoms with van der Waals surface area (Å²) in [5, 5.41) is 0. The molecular weight excluding hydrogens is 224 g/mol. The maximum Gasteiger partial charge on any atom is 0.0204 e. The van der Waals surface area contributed by atoms with E-state index in [1.54, 1.807) is 0 Å². The van der Waals surface area contributed by atoms with E-state index in [0.717, 1.165) is 5.92 Å². The van der Waals surface area contributed by atoms with E-state index < -0.39 is 0 Å². The first-order valence-corrected chi connectivity index (χ1v) is 5.74. The lowest BCUT2D eigenvalue weighted by molar-refractivity contribution is 0.641. The Morgan fingerprint density at radius 1 is 1.23 bits per heavy atom. The predicted molar refractivity (Wildman–Crippen MR) is 62.2 cm³/mol. The average molecular weight is 241 g/mol. The van der Waals surface area contributed by atoms with Crippen LogP contribution in [0.5, 0.6) is 0 Å². The molecule has 0 spiro atoms. The lowest BCUT2D eigenvalue weighted by atomic mass is 9.93. The van der Waals surface area contributed by atoms with Crippen LogP contribution in [-0.2, 0) is 0 Å². The van der Waals surface area contributed by atoms with Crippen molar-refractivity contribution in [2.24, 2.45) is 0 Å². The molecule has 0 bridgehead atoms. The molecule has 0 saturated carbocycles. The van der Waals surface area contributed by atoms with Gasteiger partial charge in [0.2, 0.25) is 0 Å². The second-order valence-corrected chi connectivity index (χ2v) is 4.38. The number of hydrogen-bond donors (Lipinski definition) is 0. The zero-order chi connectivity index (χ0) is 9.84. The van der Waals surface area contributed by atoms with Gasteiger partial charge in [-0.2, -0.15) is 0 Å². The first-order chi connectivity index (χ1) is 6.19. The molecule has 0 aromatic heterocycles. The van der Waals surface area contributed by atoms with Gasteiger partial charge < -0.3 is 0 Å². The van der Waals surface area contributed by atoms with Gasteiger partial charge in [-0.15, -0.1) is 0 Å². The van der Waals surface area contributed by atoms with Crippen LogP contribution in [0.15, 0.2) is 22.7 Å². The van der Waals surface area contributed by atoms with E-state index in [1.807, 2.05) is 0 Å². The SMILES string of the molecule is CCC(CC)c1ccc(Br)c(C)c1. The van der Waals surface area contributed by atoms with E-state index in [4.69, 9.17) is 0 Å². The molecule has 1 aromatic rings. The number of benzene rings is 1. The third kappa shape index (κ3) is 2.57. The van der Waals surface area contributed by atoms with Crippen molar-refractivity contribution in [2.45, 2.75) is 39.5 Å². The summed E-state index contributed by atoms with van der Waals surface area (Å²) in [6.45, 7) is 6.66. The Kier molecular flexibility index (Phi) is 3.98. The van der Waals surface area contributed by atoms with E-state index in [2.05, 4.69) is 54.9 Å². The number of rotatable bonds is 3. The second kappa shape index (κ2) is 4.80. The Morgan fingerprint density at radius 2 is 1.85 bits per heavy atom. The zero-order valence-corrected chi connectivity index (χ0v) is 10.2. The van der Waals surface area contributed by atoms with E-state index in [1.165, 1.54) is 28.4 Å². The van der Waals surface area contributed by atoms with Gasteiger partial charge >= 0.3 is 0 Å². The fourth-order valence-electron chi connectivity index (χ4n) is 1.68. The molecular formula is C12H17Br. The maximum atomic E-state index is 3.52. The summed E-state index contributed by atoms with van der Waals surface area (Å²) in [7, 11) is 0. The molecule has 0 nitrogen and oxygen atoms in total. The van der Waals surface area contributed by atoms with Crippen LogP contribution in [0, 0.1) is 6.92 Å². The molecule has 72 valence electrons. The van der Waals surface area contributed by atoms with Crippen LogP contribution in [0.2, 0.25) is 0 Å². The molecule has 0 amide bonds. The van der Waals surface area contributed by atoms with Gasteiger partial charge in [-0.05, 0) is 42.9 Å². The molecule has 0 unspecified atom stereocenters. The van der Waals surface area contributed by atoms with Gasteiger partial charge in [-0.1, -0.05) is 41.9 Å². The second-order valence-electron chi connectivity index (χ2n) is 3.52. The molecule has 0 N–H and O–H groups in total. The van der Waals surface area contributed by atoms with Crippen molar-refractivity contribution in [2.75, 3.05) is 0 Å². The Labute approximate surface area is 89.5 Å². The molecule has 13 heavy (non-hydrogen) atoms.